The minimum atomic E-state index is 0.354. The monoisotopic (exact) mass is 290 g/mol. The molecule has 1 aromatic heterocycles. The summed E-state index contributed by atoms with van der Waals surface area (Å²) in [5.74, 6) is 1.02. The number of nitrogens with zero attached hydrogens (tertiary/aromatic N) is 1. The second-order valence-corrected chi connectivity index (χ2v) is 5.71. The number of pyridine rings is 1. The van der Waals surface area contributed by atoms with Gasteiger partial charge in [-0.3, -0.25) is 4.98 Å². The first kappa shape index (κ1) is 13.3. The fourth-order valence-corrected chi connectivity index (χ4v) is 3.06. The third-order valence-corrected chi connectivity index (χ3v) is 4.23. The van der Waals surface area contributed by atoms with E-state index in [0.717, 1.165) is 25.3 Å². The summed E-state index contributed by atoms with van der Waals surface area (Å²) in [4.78, 5) is 4.19. The fourth-order valence-electron chi connectivity index (χ4n) is 3.06. The molecular weight excluding hydrogens is 272 g/mol. The summed E-state index contributed by atoms with van der Waals surface area (Å²) in [6.45, 7) is 1.57. The SMILES string of the molecule is c1ccc2c(c1)CC(NCc1cccc3cnccc13)CO2. The first-order valence-electron chi connectivity index (χ1n) is 7.66. The van der Waals surface area contributed by atoms with Crippen LogP contribution in [0.4, 0.5) is 0 Å². The van der Waals surface area contributed by atoms with Crippen LogP contribution in [0.15, 0.2) is 60.9 Å². The molecule has 0 spiro atoms. The molecule has 110 valence electrons. The Morgan fingerprint density at radius 2 is 2.05 bits per heavy atom. The van der Waals surface area contributed by atoms with Crippen LogP contribution in [0.25, 0.3) is 10.8 Å². The van der Waals surface area contributed by atoms with Crippen molar-refractivity contribution in [2.45, 2.75) is 19.0 Å². The standard InChI is InChI=1S/C19H18N2O/c1-2-7-19-14(4-1)10-17(13-22-19)21-12-16-6-3-5-15-11-20-9-8-18(15)16/h1-9,11,17,21H,10,12-13H2. The number of fused-ring (bicyclic) bond motifs is 2. The van der Waals surface area contributed by atoms with Gasteiger partial charge >= 0.3 is 0 Å². The van der Waals surface area contributed by atoms with E-state index in [1.165, 1.54) is 21.9 Å². The van der Waals surface area contributed by atoms with Crippen LogP contribution in [0.1, 0.15) is 11.1 Å². The maximum Gasteiger partial charge on any atom is 0.122 e. The van der Waals surface area contributed by atoms with Crippen molar-refractivity contribution in [1.29, 1.82) is 0 Å². The number of para-hydroxylation sites is 1. The molecular formula is C19H18N2O. The fraction of sp³-hybridized carbons (Fsp3) is 0.211. The highest BCUT2D eigenvalue weighted by Crippen LogP contribution is 2.24. The molecule has 2 heterocycles. The summed E-state index contributed by atoms with van der Waals surface area (Å²) >= 11 is 0. The van der Waals surface area contributed by atoms with Gasteiger partial charge in [0.2, 0.25) is 0 Å². The van der Waals surface area contributed by atoms with E-state index in [-0.39, 0.29) is 0 Å². The zero-order valence-corrected chi connectivity index (χ0v) is 12.3. The first-order valence-corrected chi connectivity index (χ1v) is 7.66. The molecule has 0 saturated heterocycles. The third kappa shape index (κ3) is 2.55. The summed E-state index contributed by atoms with van der Waals surface area (Å²) in [5, 5.41) is 6.08. The van der Waals surface area contributed by atoms with Crippen molar-refractivity contribution in [3.8, 4) is 5.75 Å². The molecule has 1 N–H and O–H groups in total. The lowest BCUT2D eigenvalue weighted by Gasteiger charge is -2.26. The Morgan fingerprint density at radius 3 is 3.05 bits per heavy atom. The van der Waals surface area contributed by atoms with Crippen molar-refractivity contribution in [2.24, 2.45) is 0 Å². The molecule has 3 aromatic rings. The summed E-state index contributed by atoms with van der Waals surface area (Å²) < 4.78 is 5.84. The van der Waals surface area contributed by atoms with E-state index in [2.05, 4.69) is 46.7 Å². The van der Waals surface area contributed by atoms with Gasteiger partial charge in [-0.1, -0.05) is 36.4 Å². The number of hydrogen-bond acceptors (Lipinski definition) is 3. The molecule has 0 amide bonds. The van der Waals surface area contributed by atoms with E-state index >= 15 is 0 Å². The number of benzene rings is 2. The lowest BCUT2D eigenvalue weighted by atomic mass is 10.0. The number of hydrogen-bond donors (Lipinski definition) is 1. The molecule has 1 atom stereocenters. The van der Waals surface area contributed by atoms with Crippen LogP contribution < -0.4 is 10.1 Å². The van der Waals surface area contributed by atoms with Crippen LogP contribution in [-0.4, -0.2) is 17.6 Å². The highest BCUT2D eigenvalue weighted by Gasteiger charge is 2.18. The highest BCUT2D eigenvalue weighted by molar-refractivity contribution is 5.84. The second kappa shape index (κ2) is 5.78. The molecule has 1 unspecified atom stereocenters. The average Bonchev–Trinajstić information content (AvgIpc) is 2.60. The van der Waals surface area contributed by atoms with Gasteiger partial charge in [0, 0.05) is 30.4 Å². The van der Waals surface area contributed by atoms with Gasteiger partial charge in [0.05, 0.1) is 0 Å². The van der Waals surface area contributed by atoms with Crippen molar-refractivity contribution in [2.75, 3.05) is 6.61 Å². The molecule has 0 saturated carbocycles. The van der Waals surface area contributed by atoms with Crippen LogP contribution in [0.2, 0.25) is 0 Å². The molecule has 3 nitrogen and oxygen atoms in total. The molecule has 1 aliphatic heterocycles. The largest absolute Gasteiger partial charge is 0.492 e. The Bertz CT molecular complexity index is 795. The van der Waals surface area contributed by atoms with Gasteiger partial charge in [-0.15, -0.1) is 0 Å². The van der Waals surface area contributed by atoms with Crippen LogP contribution in [0.3, 0.4) is 0 Å². The van der Waals surface area contributed by atoms with E-state index in [1.807, 2.05) is 24.5 Å². The van der Waals surface area contributed by atoms with Crippen molar-refractivity contribution < 1.29 is 4.74 Å². The molecule has 1 aliphatic rings. The minimum absolute atomic E-state index is 0.354. The van der Waals surface area contributed by atoms with Crippen LogP contribution in [-0.2, 0) is 13.0 Å². The summed E-state index contributed by atoms with van der Waals surface area (Å²) in [6, 6.07) is 17.1. The zero-order valence-electron chi connectivity index (χ0n) is 12.3. The molecule has 4 rings (SSSR count). The van der Waals surface area contributed by atoms with E-state index in [0.29, 0.717) is 6.04 Å². The summed E-state index contributed by atoms with van der Waals surface area (Å²) in [5.41, 5.74) is 2.59. The van der Waals surface area contributed by atoms with Crippen LogP contribution in [0, 0.1) is 0 Å². The van der Waals surface area contributed by atoms with E-state index < -0.39 is 0 Å². The van der Waals surface area contributed by atoms with Gasteiger partial charge in [0.15, 0.2) is 0 Å². The molecule has 0 aliphatic carbocycles. The number of aromatic nitrogens is 1. The Balaban J connectivity index is 1.49. The smallest absolute Gasteiger partial charge is 0.122 e. The van der Waals surface area contributed by atoms with Gasteiger partial charge in [-0.2, -0.15) is 0 Å². The Kier molecular flexibility index (Phi) is 3.49. The van der Waals surface area contributed by atoms with Crippen molar-refractivity contribution >= 4 is 10.8 Å². The number of ether oxygens (including phenoxy) is 1. The van der Waals surface area contributed by atoms with E-state index in [4.69, 9.17) is 4.74 Å². The Morgan fingerprint density at radius 1 is 1.09 bits per heavy atom. The third-order valence-electron chi connectivity index (χ3n) is 4.23. The van der Waals surface area contributed by atoms with Gasteiger partial charge in [-0.25, -0.2) is 0 Å². The number of rotatable bonds is 3. The van der Waals surface area contributed by atoms with Crippen molar-refractivity contribution in [3.63, 3.8) is 0 Å². The van der Waals surface area contributed by atoms with Gasteiger partial charge in [0.1, 0.15) is 12.4 Å². The lowest BCUT2D eigenvalue weighted by Crippen LogP contribution is -2.38. The first-order chi connectivity index (χ1) is 10.9. The van der Waals surface area contributed by atoms with Crippen molar-refractivity contribution in [3.05, 3.63) is 72.1 Å². The maximum atomic E-state index is 5.84. The van der Waals surface area contributed by atoms with Gasteiger partial charge in [0.25, 0.3) is 0 Å². The molecule has 3 heteroatoms. The predicted molar refractivity (Wildman–Crippen MR) is 88.0 cm³/mol. The van der Waals surface area contributed by atoms with Crippen LogP contribution >= 0.6 is 0 Å². The molecule has 0 radical (unpaired) electrons. The number of nitrogens with one attached hydrogen (secondary N) is 1. The van der Waals surface area contributed by atoms with E-state index in [9.17, 15) is 0 Å². The lowest BCUT2D eigenvalue weighted by molar-refractivity contribution is 0.238. The minimum Gasteiger partial charge on any atom is -0.492 e. The predicted octanol–water partition coefficient (Wildman–Crippen LogP) is 3.33. The summed E-state index contributed by atoms with van der Waals surface area (Å²) in [7, 11) is 0. The average molecular weight is 290 g/mol. The Hall–Kier alpha value is -2.39. The normalized spacial score (nSPS) is 17.0. The highest BCUT2D eigenvalue weighted by atomic mass is 16.5. The Labute approximate surface area is 130 Å². The molecule has 0 fully saturated rings. The maximum absolute atomic E-state index is 5.84. The summed E-state index contributed by atoms with van der Waals surface area (Å²) in [6.07, 6.45) is 4.78. The molecule has 2 aromatic carbocycles. The molecule has 0 bridgehead atoms. The topological polar surface area (TPSA) is 34.2 Å². The van der Waals surface area contributed by atoms with Gasteiger partial charge < -0.3 is 10.1 Å². The molecule has 22 heavy (non-hydrogen) atoms. The van der Waals surface area contributed by atoms with Gasteiger partial charge in [-0.05, 0) is 35.1 Å². The van der Waals surface area contributed by atoms with Crippen LogP contribution in [0.5, 0.6) is 5.75 Å². The van der Waals surface area contributed by atoms with Crippen molar-refractivity contribution in [1.82, 2.24) is 10.3 Å². The zero-order chi connectivity index (χ0) is 14.8. The van der Waals surface area contributed by atoms with E-state index in [1.54, 1.807) is 0 Å². The quantitative estimate of drug-likeness (QED) is 0.803. The second-order valence-electron chi connectivity index (χ2n) is 5.71.